The van der Waals surface area contributed by atoms with Crippen LogP contribution in [-0.2, 0) is 11.3 Å². The van der Waals surface area contributed by atoms with Crippen molar-refractivity contribution >= 4 is 5.91 Å². The fourth-order valence-corrected chi connectivity index (χ4v) is 2.01. The fraction of sp³-hybridized carbons (Fsp3) is 0.375. The number of aromatic amines is 1. The van der Waals surface area contributed by atoms with Gasteiger partial charge in [0.05, 0.1) is 13.2 Å². The summed E-state index contributed by atoms with van der Waals surface area (Å²) in [5.41, 5.74) is 1.17. The van der Waals surface area contributed by atoms with E-state index in [2.05, 4.69) is 9.97 Å². The van der Waals surface area contributed by atoms with Gasteiger partial charge in [0.15, 0.2) is 0 Å². The van der Waals surface area contributed by atoms with Crippen LogP contribution in [0.2, 0.25) is 0 Å². The summed E-state index contributed by atoms with van der Waals surface area (Å²) in [5, 5.41) is 0. The number of amides is 1. The molecular formula is C16H21N3O2. The van der Waals surface area contributed by atoms with E-state index < -0.39 is 0 Å². The molecule has 1 amide bonds. The van der Waals surface area contributed by atoms with Gasteiger partial charge < -0.3 is 14.6 Å². The van der Waals surface area contributed by atoms with Crippen LogP contribution in [0.5, 0.6) is 5.75 Å². The van der Waals surface area contributed by atoms with Gasteiger partial charge in [-0.25, -0.2) is 4.98 Å². The molecule has 5 nitrogen and oxygen atoms in total. The third kappa shape index (κ3) is 4.95. The topological polar surface area (TPSA) is 58.2 Å². The first kappa shape index (κ1) is 15.1. The van der Waals surface area contributed by atoms with E-state index in [1.807, 2.05) is 31.2 Å². The second kappa shape index (κ2) is 7.47. The van der Waals surface area contributed by atoms with Gasteiger partial charge in [-0.3, -0.25) is 4.79 Å². The molecule has 0 bridgehead atoms. The molecule has 0 fully saturated rings. The van der Waals surface area contributed by atoms with Crippen LogP contribution in [0.4, 0.5) is 0 Å². The Morgan fingerprint density at radius 2 is 2.29 bits per heavy atom. The molecule has 1 N–H and O–H groups in total. The van der Waals surface area contributed by atoms with Crippen LogP contribution >= 0.6 is 0 Å². The molecule has 0 aliphatic carbocycles. The van der Waals surface area contributed by atoms with Crippen molar-refractivity contribution in [3.63, 3.8) is 0 Å². The molecule has 0 spiro atoms. The third-order valence-corrected chi connectivity index (χ3v) is 3.16. The number of benzene rings is 1. The molecule has 1 heterocycles. The minimum Gasteiger partial charge on any atom is -0.494 e. The predicted octanol–water partition coefficient (Wildman–Crippen LogP) is 2.54. The monoisotopic (exact) mass is 287 g/mol. The lowest BCUT2D eigenvalue weighted by molar-refractivity contribution is -0.130. The Morgan fingerprint density at radius 3 is 3.00 bits per heavy atom. The van der Waals surface area contributed by atoms with Crippen molar-refractivity contribution in [3.8, 4) is 5.75 Å². The Hall–Kier alpha value is -2.30. The molecule has 2 rings (SSSR count). The largest absolute Gasteiger partial charge is 0.494 e. The highest BCUT2D eigenvalue weighted by Gasteiger charge is 2.10. The highest BCUT2D eigenvalue weighted by molar-refractivity contribution is 5.75. The number of nitrogens with zero attached hydrogens (tertiary/aromatic N) is 2. The molecule has 1 aromatic heterocycles. The maximum Gasteiger partial charge on any atom is 0.222 e. The molecule has 0 aliphatic heterocycles. The second-order valence-corrected chi connectivity index (χ2v) is 5.05. The number of aromatic nitrogens is 2. The van der Waals surface area contributed by atoms with Crippen LogP contribution in [0.15, 0.2) is 36.7 Å². The Kier molecular flexibility index (Phi) is 5.37. The van der Waals surface area contributed by atoms with Crippen LogP contribution in [0.3, 0.4) is 0 Å². The van der Waals surface area contributed by atoms with Gasteiger partial charge in [0.2, 0.25) is 5.91 Å². The zero-order valence-corrected chi connectivity index (χ0v) is 12.5. The van der Waals surface area contributed by atoms with Crippen molar-refractivity contribution in [1.82, 2.24) is 14.9 Å². The maximum absolute atomic E-state index is 12.0. The summed E-state index contributed by atoms with van der Waals surface area (Å²) in [5.74, 6) is 1.74. The van der Waals surface area contributed by atoms with Crippen LogP contribution in [0.25, 0.3) is 0 Å². The molecule has 0 aliphatic rings. The zero-order chi connectivity index (χ0) is 15.1. The van der Waals surface area contributed by atoms with Crippen LogP contribution in [0, 0.1) is 6.92 Å². The quantitative estimate of drug-likeness (QED) is 0.796. The molecular weight excluding hydrogens is 266 g/mol. The van der Waals surface area contributed by atoms with Crippen LogP contribution in [-0.4, -0.2) is 34.4 Å². The molecule has 0 atom stereocenters. The second-order valence-electron chi connectivity index (χ2n) is 5.05. The smallest absolute Gasteiger partial charge is 0.222 e. The van der Waals surface area contributed by atoms with Crippen LogP contribution < -0.4 is 4.74 Å². The number of carbonyl (C=O) groups is 1. The number of rotatable bonds is 7. The minimum absolute atomic E-state index is 0.0965. The van der Waals surface area contributed by atoms with Gasteiger partial charge in [0.25, 0.3) is 0 Å². The lowest BCUT2D eigenvalue weighted by Crippen LogP contribution is -2.26. The molecule has 21 heavy (non-hydrogen) atoms. The molecule has 0 unspecified atom stereocenters. The first-order valence-corrected chi connectivity index (χ1v) is 7.07. The number of H-pyrrole nitrogens is 1. The molecule has 1 aromatic carbocycles. The summed E-state index contributed by atoms with van der Waals surface area (Å²) < 4.78 is 5.63. The molecule has 5 heteroatoms. The van der Waals surface area contributed by atoms with E-state index in [0.29, 0.717) is 26.0 Å². The van der Waals surface area contributed by atoms with Crippen molar-refractivity contribution in [2.75, 3.05) is 13.7 Å². The molecule has 0 saturated heterocycles. The highest BCUT2D eigenvalue weighted by atomic mass is 16.5. The number of hydrogen-bond acceptors (Lipinski definition) is 3. The summed E-state index contributed by atoms with van der Waals surface area (Å²) in [6, 6.07) is 7.91. The van der Waals surface area contributed by atoms with Crippen molar-refractivity contribution in [2.24, 2.45) is 0 Å². The van der Waals surface area contributed by atoms with E-state index >= 15 is 0 Å². The molecule has 0 radical (unpaired) electrons. The van der Waals surface area contributed by atoms with Gasteiger partial charge in [-0.2, -0.15) is 0 Å². The number of ether oxygens (including phenoxy) is 1. The van der Waals surface area contributed by atoms with E-state index in [-0.39, 0.29) is 5.91 Å². The first-order chi connectivity index (χ1) is 10.1. The van der Waals surface area contributed by atoms with Gasteiger partial charge in [-0.05, 0) is 31.0 Å². The molecule has 0 saturated carbocycles. The van der Waals surface area contributed by atoms with Crippen molar-refractivity contribution in [1.29, 1.82) is 0 Å². The van der Waals surface area contributed by atoms with Gasteiger partial charge >= 0.3 is 0 Å². The van der Waals surface area contributed by atoms with Gasteiger partial charge in [-0.15, -0.1) is 0 Å². The van der Waals surface area contributed by atoms with E-state index in [4.69, 9.17) is 4.74 Å². The van der Waals surface area contributed by atoms with Gasteiger partial charge in [0.1, 0.15) is 11.6 Å². The summed E-state index contributed by atoms with van der Waals surface area (Å²) in [7, 11) is 1.78. The third-order valence-electron chi connectivity index (χ3n) is 3.16. The lowest BCUT2D eigenvalue weighted by atomic mass is 10.2. The summed E-state index contributed by atoms with van der Waals surface area (Å²) in [6.07, 6.45) is 4.62. The minimum atomic E-state index is 0.0965. The zero-order valence-electron chi connectivity index (χ0n) is 12.5. The molecule has 112 valence electrons. The Balaban J connectivity index is 1.67. The average Bonchev–Trinajstić information content (AvgIpc) is 2.96. The number of carbonyl (C=O) groups excluding carboxylic acids is 1. The maximum atomic E-state index is 12.0. The predicted molar refractivity (Wildman–Crippen MR) is 81.0 cm³/mol. The van der Waals surface area contributed by atoms with Crippen molar-refractivity contribution in [3.05, 3.63) is 48.0 Å². The van der Waals surface area contributed by atoms with E-state index in [1.165, 1.54) is 5.56 Å². The van der Waals surface area contributed by atoms with E-state index in [0.717, 1.165) is 11.6 Å². The van der Waals surface area contributed by atoms with Gasteiger partial charge in [-0.1, -0.05) is 12.1 Å². The Morgan fingerprint density at radius 1 is 1.43 bits per heavy atom. The lowest BCUT2D eigenvalue weighted by Gasteiger charge is -2.15. The van der Waals surface area contributed by atoms with Crippen LogP contribution in [0.1, 0.15) is 24.2 Å². The fourth-order valence-electron chi connectivity index (χ4n) is 2.01. The number of aryl methyl sites for hydroxylation is 1. The normalized spacial score (nSPS) is 10.4. The summed E-state index contributed by atoms with van der Waals surface area (Å²) in [6.45, 7) is 3.08. The first-order valence-electron chi connectivity index (χ1n) is 7.07. The highest BCUT2D eigenvalue weighted by Crippen LogP contribution is 2.12. The Bertz CT molecular complexity index is 567. The van der Waals surface area contributed by atoms with Crippen molar-refractivity contribution < 1.29 is 9.53 Å². The number of hydrogen-bond donors (Lipinski definition) is 1. The SMILES string of the molecule is Cc1cccc(OCCCC(=O)N(C)Cc2ncc[nH]2)c1. The standard InChI is InChI=1S/C16H21N3O2/c1-13-5-3-6-14(11-13)21-10-4-7-16(20)19(2)12-15-17-8-9-18-15/h3,5-6,8-9,11H,4,7,10,12H2,1-2H3,(H,17,18). The van der Waals surface area contributed by atoms with E-state index in [9.17, 15) is 4.79 Å². The Labute approximate surface area is 125 Å². The average molecular weight is 287 g/mol. The number of imidazole rings is 1. The number of nitrogens with one attached hydrogen (secondary N) is 1. The summed E-state index contributed by atoms with van der Waals surface area (Å²) in [4.78, 5) is 20.7. The molecule has 2 aromatic rings. The van der Waals surface area contributed by atoms with Crippen molar-refractivity contribution in [2.45, 2.75) is 26.3 Å². The van der Waals surface area contributed by atoms with E-state index in [1.54, 1.807) is 24.3 Å². The van der Waals surface area contributed by atoms with Gasteiger partial charge in [0, 0.05) is 25.9 Å². The summed E-state index contributed by atoms with van der Waals surface area (Å²) >= 11 is 0.